The Morgan fingerprint density at radius 1 is 0.810 bits per heavy atom. The first-order chi connectivity index (χ1) is 9.73. The van der Waals surface area contributed by atoms with Gasteiger partial charge in [-0.1, -0.05) is 35.4 Å². The van der Waals surface area contributed by atoms with E-state index in [0.29, 0.717) is 9.79 Å². The molecule has 0 spiro atoms. The van der Waals surface area contributed by atoms with Gasteiger partial charge in [-0.15, -0.1) is 0 Å². The van der Waals surface area contributed by atoms with E-state index in [-0.39, 0.29) is 5.91 Å². The highest BCUT2D eigenvalue weighted by atomic mass is 32.2. The molecule has 0 aliphatic rings. The lowest BCUT2D eigenvalue weighted by Gasteiger charge is -2.05. The van der Waals surface area contributed by atoms with Crippen molar-refractivity contribution < 1.29 is 13.2 Å². The second-order valence-electron chi connectivity index (χ2n) is 4.74. The number of rotatable bonds is 2. The normalized spacial score (nSPS) is 10.4. The molecular formula is C16H19NO3S. The van der Waals surface area contributed by atoms with E-state index in [9.17, 15) is 13.2 Å². The average Bonchev–Trinajstić information content (AvgIpc) is 2.39. The van der Waals surface area contributed by atoms with Crippen LogP contribution >= 0.6 is 0 Å². The molecule has 2 aromatic carbocycles. The molecule has 2 N–H and O–H groups in total. The average molecular weight is 305 g/mol. The Hall–Kier alpha value is -2.14. The van der Waals surface area contributed by atoms with E-state index in [1.807, 2.05) is 13.8 Å². The van der Waals surface area contributed by atoms with Gasteiger partial charge in [-0.3, -0.25) is 4.79 Å². The highest BCUT2D eigenvalue weighted by Crippen LogP contribution is 2.21. The topological polar surface area (TPSA) is 77.2 Å². The largest absolute Gasteiger partial charge is 0.370 e. The van der Waals surface area contributed by atoms with E-state index in [1.54, 1.807) is 48.5 Å². The molecule has 0 fully saturated rings. The van der Waals surface area contributed by atoms with Crippen LogP contribution in [0.2, 0.25) is 0 Å². The van der Waals surface area contributed by atoms with E-state index < -0.39 is 9.84 Å². The zero-order chi connectivity index (χ0) is 16.0. The summed E-state index contributed by atoms with van der Waals surface area (Å²) in [6.07, 6.45) is 0. The highest BCUT2D eigenvalue weighted by Gasteiger charge is 2.16. The Morgan fingerprint density at radius 2 is 1.05 bits per heavy atom. The molecule has 21 heavy (non-hydrogen) atoms. The number of amides is 1. The Balaban J connectivity index is 0.000000491. The smallest absolute Gasteiger partial charge is 0.214 e. The minimum Gasteiger partial charge on any atom is -0.370 e. The van der Waals surface area contributed by atoms with E-state index in [2.05, 4.69) is 5.73 Å². The van der Waals surface area contributed by atoms with Crippen molar-refractivity contribution in [2.24, 2.45) is 5.73 Å². The van der Waals surface area contributed by atoms with Crippen molar-refractivity contribution in [1.29, 1.82) is 0 Å². The molecule has 5 heteroatoms. The number of aryl methyl sites for hydroxylation is 2. The summed E-state index contributed by atoms with van der Waals surface area (Å²) in [4.78, 5) is 9.90. The summed E-state index contributed by atoms with van der Waals surface area (Å²) in [6, 6.07) is 13.8. The lowest BCUT2D eigenvalue weighted by atomic mass is 10.2. The Labute approximate surface area is 125 Å². The third-order valence-corrected chi connectivity index (χ3v) is 4.45. The molecule has 0 saturated carbocycles. The standard InChI is InChI=1S/C14H14O2S.C2H5NO/c1-11-3-7-13(8-4-11)17(15,16)14-9-5-12(2)6-10-14;1-2(3)4/h3-10H,1-2H3;1H3,(H2,3,4). The van der Waals surface area contributed by atoms with Gasteiger partial charge in [0, 0.05) is 6.92 Å². The van der Waals surface area contributed by atoms with Gasteiger partial charge in [-0.2, -0.15) is 0 Å². The van der Waals surface area contributed by atoms with Crippen molar-refractivity contribution >= 4 is 15.7 Å². The van der Waals surface area contributed by atoms with Gasteiger partial charge in [0.1, 0.15) is 0 Å². The molecule has 0 aliphatic heterocycles. The van der Waals surface area contributed by atoms with Gasteiger partial charge in [0.05, 0.1) is 9.79 Å². The van der Waals surface area contributed by atoms with Crippen LogP contribution in [0.25, 0.3) is 0 Å². The molecule has 0 aromatic heterocycles. The number of carbonyl (C=O) groups is 1. The molecule has 112 valence electrons. The van der Waals surface area contributed by atoms with Crippen LogP contribution in [-0.4, -0.2) is 14.3 Å². The number of hydrogen-bond acceptors (Lipinski definition) is 3. The Bertz CT molecular complexity index is 647. The molecule has 2 aromatic rings. The maximum absolute atomic E-state index is 12.3. The molecule has 0 saturated heterocycles. The van der Waals surface area contributed by atoms with Crippen LogP contribution in [0.4, 0.5) is 0 Å². The second-order valence-corrected chi connectivity index (χ2v) is 6.69. The summed E-state index contributed by atoms with van der Waals surface area (Å²) in [5.41, 5.74) is 6.57. The van der Waals surface area contributed by atoms with Gasteiger partial charge < -0.3 is 5.73 Å². The van der Waals surface area contributed by atoms with Gasteiger partial charge >= 0.3 is 0 Å². The van der Waals surface area contributed by atoms with Crippen molar-refractivity contribution in [3.63, 3.8) is 0 Å². The molecule has 0 atom stereocenters. The molecule has 0 bridgehead atoms. The summed E-state index contributed by atoms with van der Waals surface area (Å²) in [6.45, 7) is 5.17. The zero-order valence-corrected chi connectivity index (χ0v) is 13.1. The van der Waals surface area contributed by atoms with Crippen molar-refractivity contribution in [3.8, 4) is 0 Å². The zero-order valence-electron chi connectivity index (χ0n) is 12.3. The van der Waals surface area contributed by atoms with Crippen LogP contribution in [0, 0.1) is 13.8 Å². The number of benzene rings is 2. The maximum atomic E-state index is 12.3. The summed E-state index contributed by atoms with van der Waals surface area (Å²) in [7, 11) is -3.37. The number of hydrogen-bond donors (Lipinski definition) is 1. The molecule has 0 aliphatic carbocycles. The summed E-state index contributed by atoms with van der Waals surface area (Å²) in [5, 5.41) is 0. The van der Waals surface area contributed by atoms with E-state index in [1.165, 1.54) is 6.92 Å². The van der Waals surface area contributed by atoms with Crippen molar-refractivity contribution in [2.75, 3.05) is 0 Å². The summed E-state index contributed by atoms with van der Waals surface area (Å²) >= 11 is 0. The quantitative estimate of drug-likeness (QED) is 0.926. The van der Waals surface area contributed by atoms with Crippen LogP contribution in [0.15, 0.2) is 58.3 Å². The van der Waals surface area contributed by atoms with Gasteiger partial charge in [0.25, 0.3) is 0 Å². The number of primary amides is 1. The second kappa shape index (κ2) is 7.04. The van der Waals surface area contributed by atoms with Crippen molar-refractivity contribution in [2.45, 2.75) is 30.6 Å². The van der Waals surface area contributed by atoms with Crippen LogP contribution in [0.3, 0.4) is 0 Å². The minimum absolute atomic E-state index is 0.333. The number of nitrogens with two attached hydrogens (primary N) is 1. The SMILES string of the molecule is CC(N)=O.Cc1ccc(S(=O)(=O)c2ccc(C)cc2)cc1. The predicted octanol–water partition coefficient (Wildman–Crippen LogP) is 2.63. The number of carbonyl (C=O) groups excluding carboxylic acids is 1. The summed E-state index contributed by atoms with van der Waals surface area (Å²) in [5.74, 6) is -0.333. The predicted molar refractivity (Wildman–Crippen MR) is 82.7 cm³/mol. The number of sulfone groups is 1. The van der Waals surface area contributed by atoms with E-state index >= 15 is 0 Å². The molecule has 1 amide bonds. The van der Waals surface area contributed by atoms with Crippen LogP contribution in [-0.2, 0) is 14.6 Å². The maximum Gasteiger partial charge on any atom is 0.214 e. The minimum atomic E-state index is -3.37. The lowest BCUT2D eigenvalue weighted by Crippen LogP contribution is -2.01. The third kappa shape index (κ3) is 5.04. The fourth-order valence-corrected chi connectivity index (χ4v) is 2.83. The first-order valence-electron chi connectivity index (χ1n) is 6.38. The van der Waals surface area contributed by atoms with Crippen LogP contribution in [0.1, 0.15) is 18.1 Å². The molecule has 0 heterocycles. The van der Waals surface area contributed by atoms with E-state index in [0.717, 1.165) is 11.1 Å². The summed E-state index contributed by atoms with van der Waals surface area (Å²) < 4.78 is 24.5. The highest BCUT2D eigenvalue weighted by molar-refractivity contribution is 7.91. The molecular weight excluding hydrogens is 286 g/mol. The van der Waals surface area contributed by atoms with Gasteiger partial charge in [0.2, 0.25) is 15.7 Å². The fourth-order valence-electron chi connectivity index (χ4n) is 1.57. The van der Waals surface area contributed by atoms with Crippen molar-refractivity contribution in [3.05, 3.63) is 59.7 Å². The van der Waals surface area contributed by atoms with E-state index in [4.69, 9.17) is 0 Å². The molecule has 4 nitrogen and oxygen atoms in total. The molecule has 0 radical (unpaired) electrons. The van der Waals surface area contributed by atoms with Gasteiger partial charge in [0.15, 0.2) is 0 Å². The van der Waals surface area contributed by atoms with Crippen molar-refractivity contribution in [1.82, 2.24) is 0 Å². The fraction of sp³-hybridized carbons (Fsp3) is 0.188. The Kier molecular flexibility index (Phi) is 5.67. The first kappa shape index (κ1) is 16.9. The lowest BCUT2D eigenvalue weighted by molar-refractivity contribution is -0.115. The molecule has 0 unspecified atom stereocenters. The van der Waals surface area contributed by atoms with Gasteiger partial charge in [-0.05, 0) is 38.1 Å². The molecule has 2 rings (SSSR count). The van der Waals surface area contributed by atoms with Crippen LogP contribution < -0.4 is 5.73 Å². The van der Waals surface area contributed by atoms with Gasteiger partial charge in [-0.25, -0.2) is 8.42 Å². The monoisotopic (exact) mass is 305 g/mol. The third-order valence-electron chi connectivity index (χ3n) is 2.66. The Morgan fingerprint density at radius 3 is 1.29 bits per heavy atom. The van der Waals surface area contributed by atoms with Crippen LogP contribution in [0.5, 0.6) is 0 Å². The first-order valence-corrected chi connectivity index (χ1v) is 7.86.